The maximum atomic E-state index is 9.83. The summed E-state index contributed by atoms with van der Waals surface area (Å²) in [5.41, 5.74) is 0. The van der Waals surface area contributed by atoms with Gasteiger partial charge in [-0.3, -0.25) is 28.8 Å². The number of Topliss-reactive ketones (excluding diaryl/α,β-unsaturated/α-hetero) is 3. The molecule has 0 aromatic heterocycles. The molecule has 12 nitrogen and oxygen atoms in total. The van der Waals surface area contributed by atoms with E-state index in [-0.39, 0.29) is 36.2 Å². The van der Waals surface area contributed by atoms with Crippen LogP contribution in [-0.4, -0.2) is 71.5 Å². The number of rotatable bonds is 9. The SMILES string of the molecule is O=CC(=O)CC(=O)[O-].O=CC(=O)CC(=O)[O-].O=CC(=O)CC(=O)[O-].[Al+3]. The molecule has 132 valence electrons. The van der Waals surface area contributed by atoms with Gasteiger partial charge in [0.25, 0.3) is 0 Å². The van der Waals surface area contributed by atoms with E-state index >= 15 is 0 Å². The van der Waals surface area contributed by atoms with Crippen LogP contribution < -0.4 is 15.3 Å². The summed E-state index contributed by atoms with van der Waals surface area (Å²) in [7, 11) is 0. The second-order valence-electron chi connectivity index (χ2n) is 3.40. The number of hydrogen-bond acceptors (Lipinski definition) is 12. The average molecular weight is 372 g/mol. The van der Waals surface area contributed by atoms with E-state index in [9.17, 15) is 58.5 Å². The molecule has 0 spiro atoms. The Morgan fingerprint density at radius 2 is 0.680 bits per heavy atom. The van der Waals surface area contributed by atoms with Crippen molar-refractivity contribution in [1.29, 1.82) is 0 Å². The number of aliphatic carboxylic acids is 3. The maximum Gasteiger partial charge on any atom is 3.00 e. The van der Waals surface area contributed by atoms with Gasteiger partial charge in [0.1, 0.15) is 0 Å². The molecule has 0 radical (unpaired) electrons. The molecule has 0 heterocycles. The summed E-state index contributed by atoms with van der Waals surface area (Å²) in [6.45, 7) is 0. The minimum atomic E-state index is -1.53. The van der Waals surface area contributed by atoms with Crippen molar-refractivity contribution < 1.29 is 58.5 Å². The molecule has 0 saturated carbocycles. The first kappa shape index (κ1) is 29.9. The molecule has 0 aliphatic rings. The first-order chi connectivity index (χ1) is 11.0. The van der Waals surface area contributed by atoms with Gasteiger partial charge in [-0.15, -0.1) is 0 Å². The van der Waals surface area contributed by atoms with Crippen LogP contribution in [0, 0.1) is 0 Å². The predicted molar refractivity (Wildman–Crippen MR) is 67.8 cm³/mol. The molecule has 0 saturated heterocycles. The molecular weight excluding hydrogens is 363 g/mol. The largest absolute Gasteiger partial charge is 3.00 e. The third-order valence-corrected chi connectivity index (χ3v) is 1.35. The van der Waals surface area contributed by atoms with Gasteiger partial charge >= 0.3 is 17.4 Å². The molecule has 0 aromatic rings. The Bertz CT molecular complexity index is 460. The zero-order chi connectivity index (χ0) is 19.7. The number of carboxylic acid groups (broad SMARTS) is 3. The van der Waals surface area contributed by atoms with E-state index in [0.717, 1.165) is 0 Å². The molecule has 0 aliphatic carbocycles. The minimum Gasteiger partial charge on any atom is -0.550 e. The Balaban J connectivity index is -0.000000130. The van der Waals surface area contributed by atoms with Gasteiger partial charge in [-0.25, -0.2) is 0 Å². The van der Waals surface area contributed by atoms with Crippen molar-refractivity contribution >= 4 is 71.5 Å². The fraction of sp³-hybridized carbons (Fsp3) is 0.250. The molecule has 0 fully saturated rings. The summed E-state index contributed by atoms with van der Waals surface area (Å²) in [5.74, 6) is -7.48. The van der Waals surface area contributed by atoms with E-state index in [4.69, 9.17) is 0 Å². The topological polar surface area (TPSA) is 223 Å². The van der Waals surface area contributed by atoms with E-state index in [1.165, 1.54) is 0 Å². The molecule has 0 aromatic carbocycles. The smallest absolute Gasteiger partial charge is 0.550 e. The first-order valence-electron chi connectivity index (χ1n) is 5.53. The van der Waals surface area contributed by atoms with E-state index in [2.05, 4.69) is 0 Å². The predicted octanol–water partition coefficient (Wildman–Crippen LogP) is -6.70. The fourth-order valence-corrected chi connectivity index (χ4v) is 0.552. The molecule has 0 amide bonds. The number of carboxylic acids is 3. The Labute approximate surface area is 149 Å². The van der Waals surface area contributed by atoms with Gasteiger partial charge in [0.2, 0.25) is 17.3 Å². The van der Waals surface area contributed by atoms with Gasteiger partial charge in [-0.1, -0.05) is 0 Å². The van der Waals surface area contributed by atoms with Crippen molar-refractivity contribution in [2.45, 2.75) is 19.3 Å². The first-order valence-corrected chi connectivity index (χ1v) is 5.53. The Morgan fingerprint density at radius 1 is 0.520 bits per heavy atom. The summed E-state index contributed by atoms with van der Waals surface area (Å²) >= 11 is 0. The normalized spacial score (nSPS) is 7.68. The van der Waals surface area contributed by atoms with Crippen LogP contribution >= 0.6 is 0 Å². The summed E-state index contributed by atoms with van der Waals surface area (Å²) < 4.78 is 0. The number of ketones is 3. The van der Waals surface area contributed by atoms with Crippen molar-refractivity contribution in [3.8, 4) is 0 Å². The van der Waals surface area contributed by atoms with Crippen molar-refractivity contribution in [3.63, 3.8) is 0 Å². The van der Waals surface area contributed by atoms with E-state index in [0.29, 0.717) is 0 Å². The molecule has 0 bridgehead atoms. The quantitative estimate of drug-likeness (QED) is 0.159. The minimum absolute atomic E-state index is 0. The van der Waals surface area contributed by atoms with Gasteiger partial charge < -0.3 is 29.7 Å². The van der Waals surface area contributed by atoms with E-state index in [1.54, 1.807) is 0 Å². The van der Waals surface area contributed by atoms with Crippen LogP contribution in [0.25, 0.3) is 0 Å². The summed E-state index contributed by atoms with van der Waals surface area (Å²) in [6.07, 6.45) is -2.59. The monoisotopic (exact) mass is 372 g/mol. The second kappa shape index (κ2) is 19.0. The van der Waals surface area contributed by atoms with Crippen LogP contribution in [0.3, 0.4) is 0 Å². The fourth-order valence-electron chi connectivity index (χ4n) is 0.552. The van der Waals surface area contributed by atoms with Crippen LogP contribution in [0.1, 0.15) is 19.3 Å². The molecule has 0 N–H and O–H groups in total. The zero-order valence-corrected chi connectivity index (χ0v) is 13.5. The molecule has 25 heavy (non-hydrogen) atoms. The van der Waals surface area contributed by atoms with Gasteiger partial charge in [-0.2, -0.15) is 0 Å². The van der Waals surface area contributed by atoms with Gasteiger partial charge in [0.15, 0.2) is 18.9 Å². The third kappa shape index (κ3) is 33.7. The van der Waals surface area contributed by atoms with E-state index in [1.807, 2.05) is 0 Å². The van der Waals surface area contributed by atoms with Crippen molar-refractivity contribution in [2.75, 3.05) is 0 Å². The average Bonchev–Trinajstić information content (AvgIpc) is 2.46. The van der Waals surface area contributed by atoms with Crippen LogP contribution in [-0.2, 0) is 43.2 Å². The van der Waals surface area contributed by atoms with Crippen molar-refractivity contribution in [3.05, 3.63) is 0 Å². The number of carbonyl (C=O) groups excluding carboxylic acids is 9. The summed E-state index contributed by atoms with van der Waals surface area (Å²) in [5, 5.41) is 28.4. The summed E-state index contributed by atoms with van der Waals surface area (Å²) in [4.78, 5) is 86.1. The van der Waals surface area contributed by atoms with Crippen molar-refractivity contribution in [1.82, 2.24) is 0 Å². The molecular formula is C12H9AlO12. The standard InChI is InChI=1S/3C4H4O4.Al/c3*5-2-3(6)1-4(7)8;/h3*2H,1H2,(H,7,8);/q;;;+3/p-3. The number of carbonyl (C=O) groups is 9. The maximum absolute atomic E-state index is 9.83. The van der Waals surface area contributed by atoms with Crippen LogP contribution in [0.5, 0.6) is 0 Å². The Morgan fingerprint density at radius 3 is 0.720 bits per heavy atom. The molecule has 0 atom stereocenters. The zero-order valence-electron chi connectivity index (χ0n) is 12.3. The van der Waals surface area contributed by atoms with Gasteiger partial charge in [-0.05, 0) is 0 Å². The Kier molecular flexibility index (Phi) is 22.7. The molecule has 0 unspecified atom stereocenters. The van der Waals surface area contributed by atoms with Gasteiger partial charge in [0, 0.05) is 17.9 Å². The molecule has 13 heteroatoms. The number of hydrogen-bond donors (Lipinski definition) is 0. The third-order valence-electron chi connectivity index (χ3n) is 1.35. The molecule has 0 rings (SSSR count). The molecule has 0 aliphatic heterocycles. The summed E-state index contributed by atoms with van der Waals surface area (Å²) in [6, 6.07) is 0. The van der Waals surface area contributed by atoms with E-state index < -0.39 is 54.5 Å². The van der Waals surface area contributed by atoms with Crippen LogP contribution in [0.15, 0.2) is 0 Å². The number of aldehydes is 3. The van der Waals surface area contributed by atoms with Crippen LogP contribution in [0.2, 0.25) is 0 Å². The van der Waals surface area contributed by atoms with Crippen LogP contribution in [0.4, 0.5) is 0 Å². The van der Waals surface area contributed by atoms with Gasteiger partial charge in [0.05, 0.1) is 19.3 Å². The second-order valence-corrected chi connectivity index (χ2v) is 3.40. The Hall–Kier alpha value is -3.04. The van der Waals surface area contributed by atoms with Crippen molar-refractivity contribution in [2.24, 2.45) is 0 Å².